The zero-order valence-corrected chi connectivity index (χ0v) is 25.3. The Labute approximate surface area is 260 Å². The van der Waals surface area contributed by atoms with Crippen LogP contribution < -0.4 is 15.4 Å². The standard InChI is InChI=1S/C31H30ClF3N6O2S/c32-21-10-19-26(25(35)24(21)18-5-6-22(34)27-23(18)20(12-36)28(37)44-27)38-30(39-29(19)40-8-2-1-4-17(42)14-40)43-15-31-7-3-9-41(31)13-16(33)11-31/h5-6,10,16-17,42H,1-4,7-9,11,13-15,37H2/t16-,17+,31+/m1/s1. The van der Waals surface area contributed by atoms with Crippen LogP contribution in [0.5, 0.6) is 6.01 Å². The van der Waals surface area contributed by atoms with E-state index in [4.69, 9.17) is 27.1 Å². The van der Waals surface area contributed by atoms with Crippen molar-refractivity contribution in [3.8, 4) is 23.2 Å². The average Bonchev–Trinajstić information content (AvgIpc) is 3.57. The van der Waals surface area contributed by atoms with Gasteiger partial charge < -0.3 is 20.5 Å². The summed E-state index contributed by atoms with van der Waals surface area (Å²) in [5.74, 6) is -0.999. The van der Waals surface area contributed by atoms with Gasteiger partial charge in [0.05, 0.1) is 26.9 Å². The molecule has 3 fully saturated rings. The molecule has 3 N–H and O–H groups in total. The molecule has 3 aliphatic rings. The lowest BCUT2D eigenvalue weighted by Gasteiger charge is -2.31. The number of benzene rings is 2. The number of nitrogens with two attached hydrogens (primary N) is 1. The Bertz CT molecular complexity index is 1830. The van der Waals surface area contributed by atoms with Gasteiger partial charge in [-0.1, -0.05) is 17.7 Å². The molecule has 3 aliphatic heterocycles. The van der Waals surface area contributed by atoms with Gasteiger partial charge in [-0.2, -0.15) is 15.2 Å². The average molecular weight is 643 g/mol. The van der Waals surface area contributed by atoms with Gasteiger partial charge in [0, 0.05) is 42.4 Å². The lowest BCUT2D eigenvalue weighted by atomic mass is 9.95. The minimum Gasteiger partial charge on any atom is -0.461 e. The second kappa shape index (κ2) is 11.2. The number of β-amino-alcohol motifs (C(OH)–C–C–N with tert-alkyl or cyclic N) is 1. The number of alkyl halides is 1. The Morgan fingerprint density at radius 2 is 2.05 bits per heavy atom. The summed E-state index contributed by atoms with van der Waals surface area (Å²) in [6.45, 7) is 2.16. The normalized spacial score (nSPS) is 24.1. The van der Waals surface area contributed by atoms with E-state index in [2.05, 4.69) is 9.88 Å². The molecule has 7 rings (SSSR count). The van der Waals surface area contributed by atoms with Crippen LogP contribution in [0.25, 0.3) is 32.1 Å². The number of nitriles is 1. The zero-order chi connectivity index (χ0) is 30.7. The van der Waals surface area contributed by atoms with E-state index in [-0.39, 0.29) is 61.5 Å². The molecule has 2 aromatic carbocycles. The van der Waals surface area contributed by atoms with E-state index in [1.165, 1.54) is 12.1 Å². The van der Waals surface area contributed by atoms with Gasteiger partial charge >= 0.3 is 6.01 Å². The fourth-order valence-corrected chi connectivity index (χ4v) is 8.42. The Morgan fingerprint density at radius 3 is 2.86 bits per heavy atom. The highest BCUT2D eigenvalue weighted by molar-refractivity contribution is 7.23. The number of halogens is 4. The second-order valence-electron chi connectivity index (χ2n) is 12.0. The van der Waals surface area contributed by atoms with Crippen molar-refractivity contribution in [3.63, 3.8) is 0 Å². The summed E-state index contributed by atoms with van der Waals surface area (Å²) in [4.78, 5) is 13.2. The van der Waals surface area contributed by atoms with Crippen LogP contribution in [0.2, 0.25) is 5.02 Å². The monoisotopic (exact) mass is 642 g/mol. The largest absolute Gasteiger partial charge is 0.461 e. The number of aliphatic hydroxyl groups is 1. The van der Waals surface area contributed by atoms with Gasteiger partial charge in [-0.05, 0) is 56.3 Å². The summed E-state index contributed by atoms with van der Waals surface area (Å²) in [5.41, 5.74) is 5.70. The van der Waals surface area contributed by atoms with Crippen molar-refractivity contribution in [2.45, 2.75) is 56.3 Å². The van der Waals surface area contributed by atoms with Gasteiger partial charge in [-0.25, -0.2) is 13.2 Å². The van der Waals surface area contributed by atoms with E-state index in [0.717, 1.165) is 43.6 Å². The molecular formula is C31H30ClF3N6O2S. The fourth-order valence-electron chi connectivity index (χ4n) is 7.18. The van der Waals surface area contributed by atoms with Crippen LogP contribution in [0.1, 0.15) is 44.1 Å². The number of fused-ring (bicyclic) bond motifs is 3. The summed E-state index contributed by atoms with van der Waals surface area (Å²) >= 11 is 7.69. The maximum Gasteiger partial charge on any atom is 0.319 e. The summed E-state index contributed by atoms with van der Waals surface area (Å²) < 4.78 is 52.3. The SMILES string of the molecule is N#Cc1c(N)sc2c(F)ccc(-c3c(Cl)cc4c(N5CCCC[C@H](O)C5)nc(OC[C@@]56CCCN5C[C@H](F)C6)nc4c3F)c12. The van der Waals surface area contributed by atoms with E-state index in [9.17, 15) is 19.1 Å². The molecule has 230 valence electrons. The smallest absolute Gasteiger partial charge is 0.319 e. The summed E-state index contributed by atoms with van der Waals surface area (Å²) in [6, 6.07) is 6.08. The second-order valence-corrected chi connectivity index (χ2v) is 13.4. The molecule has 13 heteroatoms. The van der Waals surface area contributed by atoms with Crippen LogP contribution >= 0.6 is 22.9 Å². The van der Waals surface area contributed by atoms with E-state index < -0.39 is 29.4 Å². The molecule has 2 aromatic heterocycles. The maximum atomic E-state index is 16.8. The van der Waals surface area contributed by atoms with Crippen molar-refractivity contribution in [2.75, 3.05) is 43.4 Å². The van der Waals surface area contributed by atoms with Gasteiger partial charge in [-0.15, -0.1) is 11.3 Å². The molecule has 0 spiro atoms. The highest BCUT2D eigenvalue weighted by atomic mass is 35.5. The Kier molecular flexibility index (Phi) is 7.48. The van der Waals surface area contributed by atoms with E-state index in [0.29, 0.717) is 37.1 Å². The summed E-state index contributed by atoms with van der Waals surface area (Å²) in [7, 11) is 0. The first-order chi connectivity index (χ1) is 21.2. The molecule has 0 unspecified atom stereocenters. The van der Waals surface area contributed by atoms with Gasteiger partial charge in [0.2, 0.25) is 0 Å². The van der Waals surface area contributed by atoms with Crippen LogP contribution in [0, 0.1) is 23.0 Å². The number of nitrogen functional groups attached to an aromatic ring is 1. The molecule has 44 heavy (non-hydrogen) atoms. The molecule has 5 heterocycles. The van der Waals surface area contributed by atoms with Crippen LogP contribution in [-0.4, -0.2) is 70.6 Å². The van der Waals surface area contributed by atoms with E-state index in [1.54, 1.807) is 6.07 Å². The molecule has 3 atom stereocenters. The molecule has 0 saturated carbocycles. The number of hydrogen-bond donors (Lipinski definition) is 2. The quantitative estimate of drug-likeness (QED) is 0.265. The molecule has 0 aliphatic carbocycles. The number of ether oxygens (including phenoxy) is 1. The third kappa shape index (κ3) is 4.81. The summed E-state index contributed by atoms with van der Waals surface area (Å²) in [5, 5.41) is 21.0. The van der Waals surface area contributed by atoms with Crippen molar-refractivity contribution in [2.24, 2.45) is 0 Å². The summed E-state index contributed by atoms with van der Waals surface area (Å²) in [6.07, 6.45) is 2.80. The number of anilines is 2. The highest BCUT2D eigenvalue weighted by Crippen LogP contribution is 2.46. The minimum atomic E-state index is -0.940. The lowest BCUT2D eigenvalue weighted by molar-refractivity contribution is 0.107. The molecule has 0 bridgehead atoms. The zero-order valence-electron chi connectivity index (χ0n) is 23.8. The van der Waals surface area contributed by atoms with Crippen molar-refractivity contribution in [3.05, 3.63) is 40.4 Å². The number of rotatable bonds is 5. The van der Waals surface area contributed by atoms with Crippen LogP contribution in [0.4, 0.5) is 24.0 Å². The van der Waals surface area contributed by atoms with Crippen LogP contribution in [-0.2, 0) is 0 Å². The number of aliphatic hydroxyl groups excluding tert-OH is 1. The van der Waals surface area contributed by atoms with Crippen LogP contribution in [0.3, 0.4) is 0 Å². The maximum absolute atomic E-state index is 16.8. The van der Waals surface area contributed by atoms with Gasteiger partial charge in [0.25, 0.3) is 0 Å². The topological polar surface area (TPSA) is 112 Å². The van der Waals surface area contributed by atoms with Crippen molar-refractivity contribution < 1.29 is 23.0 Å². The Hall–Kier alpha value is -3.37. The molecule has 0 amide bonds. The van der Waals surface area contributed by atoms with Crippen molar-refractivity contribution >= 4 is 54.7 Å². The van der Waals surface area contributed by atoms with Gasteiger partial charge in [0.15, 0.2) is 5.82 Å². The van der Waals surface area contributed by atoms with E-state index in [1.807, 2.05) is 11.0 Å². The van der Waals surface area contributed by atoms with Crippen molar-refractivity contribution in [1.29, 1.82) is 5.26 Å². The fraction of sp³-hybridized carbons (Fsp3) is 0.452. The Balaban J connectivity index is 1.40. The molecule has 4 aromatic rings. The number of thiophene rings is 1. The van der Waals surface area contributed by atoms with Crippen LogP contribution in [0.15, 0.2) is 18.2 Å². The minimum absolute atomic E-state index is 0.0193. The lowest BCUT2D eigenvalue weighted by Crippen LogP contribution is -2.43. The third-order valence-electron chi connectivity index (χ3n) is 9.22. The highest BCUT2D eigenvalue weighted by Gasteiger charge is 2.49. The molecule has 8 nitrogen and oxygen atoms in total. The van der Waals surface area contributed by atoms with Crippen molar-refractivity contribution in [1.82, 2.24) is 14.9 Å². The van der Waals surface area contributed by atoms with Gasteiger partial charge in [0.1, 0.15) is 41.0 Å². The number of nitrogens with zero attached hydrogens (tertiary/aromatic N) is 5. The predicted molar refractivity (Wildman–Crippen MR) is 165 cm³/mol. The third-order valence-corrected chi connectivity index (χ3v) is 10.5. The van der Waals surface area contributed by atoms with Gasteiger partial charge in [-0.3, -0.25) is 4.90 Å². The first-order valence-corrected chi connectivity index (χ1v) is 15.9. The first kappa shape index (κ1) is 29.3. The predicted octanol–water partition coefficient (Wildman–Crippen LogP) is 6.20. The molecular weight excluding hydrogens is 613 g/mol. The first-order valence-electron chi connectivity index (χ1n) is 14.7. The Morgan fingerprint density at radius 1 is 1.20 bits per heavy atom. The molecule has 3 saturated heterocycles. The van der Waals surface area contributed by atoms with E-state index >= 15 is 4.39 Å². The number of aromatic nitrogens is 2. The number of hydrogen-bond acceptors (Lipinski definition) is 9. The molecule has 0 radical (unpaired) electrons.